The van der Waals surface area contributed by atoms with Gasteiger partial charge in [-0.15, -0.1) is 0 Å². The molecular weight excluding hydrogens is 400 g/mol. The van der Waals surface area contributed by atoms with Gasteiger partial charge in [-0.1, -0.05) is 17.4 Å². The van der Waals surface area contributed by atoms with E-state index in [1.165, 1.54) is 6.07 Å². The fourth-order valence-corrected chi connectivity index (χ4v) is 5.09. The molecule has 0 amide bonds. The van der Waals surface area contributed by atoms with E-state index in [0.717, 1.165) is 22.4 Å². The molecule has 0 spiro atoms. The van der Waals surface area contributed by atoms with Gasteiger partial charge in [0.1, 0.15) is 0 Å². The second-order valence-corrected chi connectivity index (χ2v) is 8.84. The Labute approximate surface area is 167 Å². The van der Waals surface area contributed by atoms with Crippen LogP contribution in [0.15, 0.2) is 46.1 Å². The molecule has 3 rings (SSSR count). The van der Waals surface area contributed by atoms with Crippen LogP contribution in [0.5, 0.6) is 11.5 Å². The van der Waals surface area contributed by atoms with Gasteiger partial charge in [-0.05, 0) is 49.2 Å². The lowest BCUT2D eigenvalue weighted by Gasteiger charge is -2.10. The number of methoxy groups -OCH3 is 2. The van der Waals surface area contributed by atoms with E-state index in [0.29, 0.717) is 29.2 Å². The summed E-state index contributed by atoms with van der Waals surface area (Å²) in [6.07, 6.45) is 0.501. The first-order valence-electron chi connectivity index (χ1n) is 8.73. The van der Waals surface area contributed by atoms with E-state index in [9.17, 15) is 13.2 Å². The Hall–Kier alpha value is -2.36. The van der Waals surface area contributed by atoms with Crippen molar-refractivity contribution >= 4 is 31.6 Å². The highest BCUT2D eigenvalue weighted by Gasteiger charge is 2.16. The number of sulfonamides is 1. The van der Waals surface area contributed by atoms with E-state index >= 15 is 0 Å². The van der Waals surface area contributed by atoms with Gasteiger partial charge in [-0.3, -0.25) is 9.36 Å². The lowest BCUT2D eigenvalue weighted by molar-refractivity contribution is 0.354. The summed E-state index contributed by atoms with van der Waals surface area (Å²) >= 11 is 1.05. The molecule has 3 aromatic rings. The standard InChI is InChI=1S/C19H22N2O5S2/c1-4-21-15-7-6-14(12-18(15)27-19(21)22)28(23,24)20-10-9-13-5-8-16(25-2)17(11-13)26-3/h5-8,11-12,20H,4,9-10H2,1-3H3. The van der Waals surface area contributed by atoms with Gasteiger partial charge in [-0.2, -0.15) is 0 Å². The smallest absolute Gasteiger partial charge is 0.308 e. The molecule has 0 radical (unpaired) electrons. The maximum Gasteiger partial charge on any atom is 0.308 e. The number of hydrogen-bond acceptors (Lipinski definition) is 6. The maximum absolute atomic E-state index is 12.6. The lowest BCUT2D eigenvalue weighted by Crippen LogP contribution is -2.26. The van der Waals surface area contributed by atoms with Gasteiger partial charge in [-0.25, -0.2) is 13.1 Å². The largest absolute Gasteiger partial charge is 0.493 e. The van der Waals surface area contributed by atoms with Gasteiger partial charge < -0.3 is 9.47 Å². The Balaban J connectivity index is 1.74. The zero-order valence-electron chi connectivity index (χ0n) is 15.9. The van der Waals surface area contributed by atoms with Crippen molar-refractivity contribution in [2.24, 2.45) is 0 Å². The van der Waals surface area contributed by atoms with Crippen LogP contribution in [0.3, 0.4) is 0 Å². The first-order valence-corrected chi connectivity index (χ1v) is 11.0. The molecular formula is C19H22N2O5S2. The van der Waals surface area contributed by atoms with Crippen LogP contribution in [0, 0.1) is 0 Å². The fourth-order valence-electron chi connectivity index (χ4n) is 2.96. The number of nitrogens with zero attached hydrogens (tertiary/aromatic N) is 1. The lowest BCUT2D eigenvalue weighted by atomic mass is 10.1. The average molecular weight is 423 g/mol. The van der Waals surface area contributed by atoms with Crippen molar-refractivity contribution in [3.05, 3.63) is 51.6 Å². The Morgan fingerprint density at radius 3 is 2.50 bits per heavy atom. The van der Waals surface area contributed by atoms with Gasteiger partial charge in [0.05, 0.1) is 29.3 Å². The molecule has 0 bridgehead atoms. The molecule has 0 aliphatic heterocycles. The number of hydrogen-bond donors (Lipinski definition) is 1. The van der Waals surface area contributed by atoms with Crippen LogP contribution in [0.1, 0.15) is 12.5 Å². The van der Waals surface area contributed by atoms with Crippen molar-refractivity contribution in [2.75, 3.05) is 20.8 Å². The van der Waals surface area contributed by atoms with Gasteiger partial charge >= 0.3 is 4.87 Å². The quantitative estimate of drug-likeness (QED) is 0.603. The molecule has 9 heteroatoms. The molecule has 7 nitrogen and oxygen atoms in total. The number of aryl methyl sites for hydroxylation is 1. The van der Waals surface area contributed by atoms with Gasteiger partial charge in [0, 0.05) is 13.1 Å². The molecule has 0 unspecified atom stereocenters. The first-order chi connectivity index (χ1) is 13.4. The Morgan fingerprint density at radius 2 is 1.82 bits per heavy atom. The number of rotatable bonds is 8. The number of fused-ring (bicyclic) bond motifs is 1. The summed E-state index contributed by atoms with van der Waals surface area (Å²) in [5.41, 5.74) is 1.68. The highest BCUT2D eigenvalue weighted by Crippen LogP contribution is 2.27. The fraction of sp³-hybridized carbons (Fsp3) is 0.316. The normalized spacial score (nSPS) is 11.7. The van der Waals surface area contributed by atoms with E-state index < -0.39 is 10.0 Å². The predicted octanol–water partition coefficient (Wildman–Crippen LogP) is 2.62. The summed E-state index contributed by atoms with van der Waals surface area (Å²) in [6, 6.07) is 10.2. The predicted molar refractivity (Wildman–Crippen MR) is 110 cm³/mol. The summed E-state index contributed by atoms with van der Waals surface area (Å²) in [5, 5.41) is 0. The molecule has 1 heterocycles. The highest BCUT2D eigenvalue weighted by molar-refractivity contribution is 7.89. The van der Waals surface area contributed by atoms with Crippen molar-refractivity contribution in [3.63, 3.8) is 0 Å². The maximum atomic E-state index is 12.6. The molecule has 0 aliphatic carbocycles. The van der Waals surface area contributed by atoms with Crippen LogP contribution in [-0.4, -0.2) is 33.7 Å². The number of nitrogens with one attached hydrogen (secondary N) is 1. The number of ether oxygens (including phenoxy) is 2. The van der Waals surface area contributed by atoms with Crippen LogP contribution >= 0.6 is 11.3 Å². The zero-order valence-corrected chi connectivity index (χ0v) is 17.5. The molecule has 0 saturated carbocycles. The Kier molecular flexibility index (Phi) is 6.07. The number of aromatic nitrogens is 1. The van der Waals surface area contributed by atoms with Crippen molar-refractivity contribution in [2.45, 2.75) is 24.8 Å². The SMILES string of the molecule is CCn1c(=O)sc2cc(S(=O)(=O)NCCc3ccc(OC)c(OC)c3)ccc21. The number of thiazole rings is 1. The third kappa shape index (κ3) is 4.06. The molecule has 1 aromatic heterocycles. The molecule has 2 aromatic carbocycles. The summed E-state index contributed by atoms with van der Waals surface area (Å²) < 4.78 is 40.6. The third-order valence-corrected chi connectivity index (χ3v) is 6.82. The van der Waals surface area contributed by atoms with Gasteiger partial charge in [0.15, 0.2) is 11.5 Å². The Morgan fingerprint density at radius 1 is 1.07 bits per heavy atom. The summed E-state index contributed by atoms with van der Waals surface area (Å²) in [4.78, 5) is 12.0. The Bertz CT molecular complexity index is 1150. The van der Waals surface area contributed by atoms with Crippen molar-refractivity contribution < 1.29 is 17.9 Å². The second kappa shape index (κ2) is 8.34. The third-order valence-electron chi connectivity index (χ3n) is 4.42. The van der Waals surface area contributed by atoms with E-state index in [1.54, 1.807) is 37.0 Å². The topological polar surface area (TPSA) is 86.6 Å². The number of benzene rings is 2. The van der Waals surface area contributed by atoms with Crippen molar-refractivity contribution in [1.82, 2.24) is 9.29 Å². The minimum Gasteiger partial charge on any atom is -0.493 e. The molecule has 0 fully saturated rings. The van der Waals surface area contributed by atoms with E-state index in [2.05, 4.69) is 4.72 Å². The van der Waals surface area contributed by atoms with Crippen LogP contribution < -0.4 is 19.1 Å². The van der Waals surface area contributed by atoms with Gasteiger partial charge in [0.2, 0.25) is 10.0 Å². The highest BCUT2D eigenvalue weighted by atomic mass is 32.2. The average Bonchev–Trinajstić information content (AvgIpc) is 3.01. The molecule has 28 heavy (non-hydrogen) atoms. The minimum atomic E-state index is -3.67. The second-order valence-electron chi connectivity index (χ2n) is 6.08. The minimum absolute atomic E-state index is 0.0894. The van der Waals surface area contributed by atoms with Crippen molar-refractivity contribution in [3.8, 4) is 11.5 Å². The molecule has 150 valence electrons. The molecule has 0 atom stereocenters. The van der Waals surface area contributed by atoms with Crippen LogP contribution in [0.4, 0.5) is 0 Å². The van der Waals surface area contributed by atoms with E-state index in [4.69, 9.17) is 9.47 Å². The summed E-state index contributed by atoms with van der Waals surface area (Å²) in [5.74, 6) is 1.22. The summed E-state index contributed by atoms with van der Waals surface area (Å²) in [6.45, 7) is 2.67. The zero-order chi connectivity index (χ0) is 20.3. The van der Waals surface area contributed by atoms with Crippen LogP contribution in [-0.2, 0) is 23.0 Å². The monoisotopic (exact) mass is 422 g/mol. The van der Waals surface area contributed by atoms with Crippen LogP contribution in [0.25, 0.3) is 10.2 Å². The van der Waals surface area contributed by atoms with E-state index in [1.807, 2.05) is 19.1 Å². The first kappa shape index (κ1) is 20.4. The van der Waals surface area contributed by atoms with Crippen molar-refractivity contribution in [1.29, 1.82) is 0 Å². The van der Waals surface area contributed by atoms with Crippen LogP contribution in [0.2, 0.25) is 0 Å². The molecule has 1 N–H and O–H groups in total. The van der Waals surface area contributed by atoms with E-state index in [-0.39, 0.29) is 16.3 Å². The van der Waals surface area contributed by atoms with Gasteiger partial charge in [0.25, 0.3) is 0 Å². The molecule has 0 aliphatic rings. The summed E-state index contributed by atoms with van der Waals surface area (Å²) in [7, 11) is -0.552. The molecule has 0 saturated heterocycles.